The van der Waals surface area contributed by atoms with Crippen LogP contribution in [-0.4, -0.2) is 5.88 Å². The minimum absolute atomic E-state index is 0.242. The van der Waals surface area contributed by atoms with Gasteiger partial charge in [0.25, 0.3) is 0 Å². The summed E-state index contributed by atoms with van der Waals surface area (Å²) in [5.41, 5.74) is 0.794. The van der Waals surface area contributed by atoms with E-state index < -0.39 is 0 Å². The molecule has 14 heavy (non-hydrogen) atoms. The number of nitriles is 1. The second-order valence-electron chi connectivity index (χ2n) is 2.88. The fourth-order valence-electron chi connectivity index (χ4n) is 1.11. The smallest absolute Gasteiger partial charge is 0.0671 e. The molecule has 0 aliphatic heterocycles. The maximum Gasteiger partial charge on any atom is 0.0671 e. The maximum atomic E-state index is 8.75. The van der Waals surface area contributed by atoms with Crippen LogP contribution < -0.4 is 0 Å². The topological polar surface area (TPSA) is 23.8 Å². The normalized spacial score (nSPS) is 12.1. The number of hydrogen-bond donors (Lipinski definition) is 0. The molecule has 0 heterocycles. The van der Waals surface area contributed by atoms with E-state index in [-0.39, 0.29) is 11.8 Å². The van der Waals surface area contributed by atoms with Crippen LogP contribution in [-0.2, 0) is 6.42 Å². The summed E-state index contributed by atoms with van der Waals surface area (Å²) in [6.07, 6.45) is 0.499. The Labute approximate surface area is 98.2 Å². The zero-order valence-electron chi connectivity index (χ0n) is 7.30. The summed E-state index contributed by atoms with van der Waals surface area (Å²) in [5, 5.41) is 9.92. The fourth-order valence-corrected chi connectivity index (χ4v) is 1.84. The molecular weight excluding hydrogens is 240 g/mol. The molecule has 1 unspecified atom stereocenters. The molecule has 0 fully saturated rings. The predicted molar refractivity (Wildman–Crippen MR) is 60.0 cm³/mol. The van der Waals surface area contributed by atoms with Gasteiger partial charge in [-0.05, 0) is 24.1 Å². The van der Waals surface area contributed by atoms with E-state index in [2.05, 4.69) is 6.07 Å². The van der Waals surface area contributed by atoms with E-state index in [0.717, 1.165) is 5.56 Å². The second kappa shape index (κ2) is 5.46. The molecule has 1 nitrogen and oxygen atoms in total. The lowest BCUT2D eigenvalue weighted by molar-refractivity contribution is 0.747. The quantitative estimate of drug-likeness (QED) is 0.744. The highest BCUT2D eigenvalue weighted by molar-refractivity contribution is 6.36. The largest absolute Gasteiger partial charge is 0.198 e. The van der Waals surface area contributed by atoms with E-state index in [1.807, 2.05) is 0 Å². The Kier molecular flexibility index (Phi) is 4.54. The highest BCUT2D eigenvalue weighted by Gasteiger charge is 2.12. The van der Waals surface area contributed by atoms with Crippen molar-refractivity contribution >= 4 is 34.8 Å². The summed E-state index contributed by atoms with van der Waals surface area (Å²) in [6.45, 7) is 0. The van der Waals surface area contributed by atoms with Gasteiger partial charge < -0.3 is 0 Å². The van der Waals surface area contributed by atoms with Crippen LogP contribution in [0.2, 0.25) is 10.0 Å². The summed E-state index contributed by atoms with van der Waals surface area (Å²) in [4.78, 5) is 0. The summed E-state index contributed by atoms with van der Waals surface area (Å²) < 4.78 is 0. The number of rotatable bonds is 3. The van der Waals surface area contributed by atoms with Gasteiger partial charge in [0.1, 0.15) is 0 Å². The van der Waals surface area contributed by atoms with E-state index in [9.17, 15) is 0 Å². The summed E-state index contributed by atoms with van der Waals surface area (Å²) >= 11 is 17.5. The molecule has 0 saturated carbocycles. The van der Waals surface area contributed by atoms with Crippen LogP contribution in [0.15, 0.2) is 18.2 Å². The Morgan fingerprint density at radius 3 is 2.29 bits per heavy atom. The van der Waals surface area contributed by atoms with E-state index in [4.69, 9.17) is 40.1 Å². The first-order valence-electron chi connectivity index (χ1n) is 4.07. The first-order chi connectivity index (χ1) is 6.69. The lowest BCUT2D eigenvalue weighted by atomic mass is 10.0. The van der Waals surface area contributed by atoms with Gasteiger partial charge in [-0.15, -0.1) is 11.6 Å². The average Bonchev–Trinajstić information content (AvgIpc) is 2.18. The minimum Gasteiger partial charge on any atom is -0.198 e. The molecule has 0 saturated heterocycles. The van der Waals surface area contributed by atoms with Gasteiger partial charge in [-0.3, -0.25) is 0 Å². The zero-order valence-corrected chi connectivity index (χ0v) is 9.57. The Bertz CT molecular complexity index is 337. The Morgan fingerprint density at radius 1 is 1.29 bits per heavy atom. The molecule has 0 radical (unpaired) electrons. The standard InChI is InChI=1S/C10H8Cl3N/c11-5-7(6-14)4-8-9(12)2-1-3-10(8)13/h1-3,7H,4-5H2. The fraction of sp³-hybridized carbons (Fsp3) is 0.300. The molecule has 0 aliphatic carbocycles. The lowest BCUT2D eigenvalue weighted by Crippen LogP contribution is -2.04. The molecule has 0 bridgehead atoms. The molecular formula is C10H8Cl3N. The van der Waals surface area contributed by atoms with Crippen LogP contribution >= 0.6 is 34.8 Å². The molecule has 0 spiro atoms. The van der Waals surface area contributed by atoms with Gasteiger partial charge in [0.05, 0.1) is 12.0 Å². The van der Waals surface area contributed by atoms with Gasteiger partial charge in [0.15, 0.2) is 0 Å². The number of halogens is 3. The van der Waals surface area contributed by atoms with Crippen LogP contribution in [0.25, 0.3) is 0 Å². The number of benzene rings is 1. The van der Waals surface area contributed by atoms with Crippen molar-refractivity contribution in [2.24, 2.45) is 5.92 Å². The van der Waals surface area contributed by atoms with E-state index in [0.29, 0.717) is 16.5 Å². The molecule has 1 aromatic carbocycles. The van der Waals surface area contributed by atoms with E-state index in [1.54, 1.807) is 18.2 Å². The van der Waals surface area contributed by atoms with Gasteiger partial charge in [-0.2, -0.15) is 5.26 Å². The average molecular weight is 249 g/mol. The Morgan fingerprint density at radius 2 is 1.86 bits per heavy atom. The van der Waals surface area contributed by atoms with Crippen molar-refractivity contribution in [2.75, 3.05) is 5.88 Å². The van der Waals surface area contributed by atoms with Crippen molar-refractivity contribution in [1.82, 2.24) is 0 Å². The molecule has 1 aromatic rings. The first-order valence-corrected chi connectivity index (χ1v) is 5.36. The molecule has 0 aromatic heterocycles. The SMILES string of the molecule is N#CC(CCl)Cc1c(Cl)cccc1Cl. The summed E-state index contributed by atoms with van der Waals surface area (Å²) in [5.74, 6) is 0.0481. The third kappa shape index (κ3) is 2.78. The summed E-state index contributed by atoms with van der Waals surface area (Å²) in [7, 11) is 0. The monoisotopic (exact) mass is 247 g/mol. The van der Waals surface area contributed by atoms with E-state index >= 15 is 0 Å². The Balaban J connectivity index is 2.91. The van der Waals surface area contributed by atoms with Gasteiger partial charge in [-0.1, -0.05) is 29.3 Å². The van der Waals surface area contributed by atoms with Crippen molar-refractivity contribution < 1.29 is 0 Å². The Hall–Kier alpha value is -0.420. The molecule has 4 heteroatoms. The third-order valence-corrected chi connectivity index (χ3v) is 2.96. The highest BCUT2D eigenvalue weighted by atomic mass is 35.5. The van der Waals surface area contributed by atoms with Gasteiger partial charge in [-0.25, -0.2) is 0 Å². The van der Waals surface area contributed by atoms with Crippen LogP contribution in [0, 0.1) is 17.2 Å². The number of hydrogen-bond acceptors (Lipinski definition) is 1. The van der Waals surface area contributed by atoms with Crippen molar-refractivity contribution in [3.05, 3.63) is 33.8 Å². The van der Waals surface area contributed by atoms with Gasteiger partial charge >= 0.3 is 0 Å². The van der Waals surface area contributed by atoms with Crippen molar-refractivity contribution in [3.63, 3.8) is 0 Å². The second-order valence-corrected chi connectivity index (χ2v) is 4.01. The van der Waals surface area contributed by atoms with Crippen molar-refractivity contribution in [1.29, 1.82) is 5.26 Å². The first kappa shape index (κ1) is 11.7. The van der Waals surface area contributed by atoms with Crippen LogP contribution in [0.1, 0.15) is 5.56 Å². The predicted octanol–water partition coefficient (Wildman–Crippen LogP) is 3.91. The van der Waals surface area contributed by atoms with Crippen LogP contribution in [0.4, 0.5) is 0 Å². The van der Waals surface area contributed by atoms with Gasteiger partial charge in [0, 0.05) is 15.9 Å². The molecule has 1 atom stereocenters. The van der Waals surface area contributed by atoms with Crippen LogP contribution in [0.3, 0.4) is 0 Å². The third-order valence-electron chi connectivity index (χ3n) is 1.88. The van der Waals surface area contributed by atoms with Crippen LogP contribution in [0.5, 0.6) is 0 Å². The summed E-state index contributed by atoms with van der Waals surface area (Å²) in [6, 6.07) is 7.39. The minimum atomic E-state index is -0.242. The van der Waals surface area contributed by atoms with Gasteiger partial charge in [0.2, 0.25) is 0 Å². The number of alkyl halides is 1. The van der Waals surface area contributed by atoms with Crippen molar-refractivity contribution in [2.45, 2.75) is 6.42 Å². The van der Waals surface area contributed by atoms with Crippen molar-refractivity contribution in [3.8, 4) is 6.07 Å². The molecule has 74 valence electrons. The molecule has 1 rings (SSSR count). The molecule has 0 N–H and O–H groups in total. The molecule has 0 aliphatic rings. The number of nitrogens with zero attached hydrogens (tertiary/aromatic N) is 1. The maximum absolute atomic E-state index is 8.75. The molecule has 0 amide bonds. The highest BCUT2D eigenvalue weighted by Crippen LogP contribution is 2.26. The lowest BCUT2D eigenvalue weighted by Gasteiger charge is -2.08. The van der Waals surface area contributed by atoms with E-state index in [1.165, 1.54) is 0 Å². The zero-order chi connectivity index (χ0) is 10.6.